The van der Waals surface area contributed by atoms with Crippen molar-refractivity contribution < 1.29 is 13.9 Å². The molecule has 1 aliphatic heterocycles. The lowest BCUT2D eigenvalue weighted by molar-refractivity contribution is 0.203. The zero-order chi connectivity index (χ0) is 22.3. The highest BCUT2D eigenvalue weighted by Gasteiger charge is 2.14. The van der Waals surface area contributed by atoms with Gasteiger partial charge < -0.3 is 25.4 Å². The second-order valence-corrected chi connectivity index (χ2v) is 7.75. The summed E-state index contributed by atoms with van der Waals surface area (Å²) in [6, 6.07) is 11.8. The number of benzene rings is 2. The van der Waals surface area contributed by atoms with Crippen LogP contribution in [0.25, 0.3) is 5.69 Å². The summed E-state index contributed by atoms with van der Waals surface area (Å²) in [6.07, 6.45) is 4.90. The second-order valence-electron chi connectivity index (χ2n) is 7.75. The molecule has 1 aliphatic rings. The van der Waals surface area contributed by atoms with E-state index in [1.807, 2.05) is 12.1 Å². The number of methoxy groups -OCH3 is 1. The number of nitrogens with zero attached hydrogens (tertiary/aromatic N) is 4. The summed E-state index contributed by atoms with van der Waals surface area (Å²) in [4.78, 5) is 6.68. The number of rotatable bonds is 9. The molecular formula is C23H29FN6O2. The van der Waals surface area contributed by atoms with Crippen LogP contribution in [0.15, 0.2) is 42.5 Å². The number of piperidine rings is 1. The van der Waals surface area contributed by atoms with Crippen LogP contribution in [0.4, 0.5) is 22.0 Å². The maximum absolute atomic E-state index is 14.1. The quantitative estimate of drug-likeness (QED) is 0.486. The second kappa shape index (κ2) is 10.3. The maximum atomic E-state index is 14.1. The first-order chi connectivity index (χ1) is 15.6. The molecule has 2 aromatic carbocycles. The predicted molar refractivity (Wildman–Crippen MR) is 122 cm³/mol. The van der Waals surface area contributed by atoms with Gasteiger partial charge in [0.2, 0.25) is 11.9 Å². The average molecular weight is 441 g/mol. The van der Waals surface area contributed by atoms with E-state index >= 15 is 0 Å². The van der Waals surface area contributed by atoms with Gasteiger partial charge in [-0.15, -0.1) is 5.10 Å². The van der Waals surface area contributed by atoms with Crippen molar-refractivity contribution in [1.29, 1.82) is 0 Å². The lowest BCUT2D eigenvalue weighted by Crippen LogP contribution is -2.31. The van der Waals surface area contributed by atoms with E-state index in [2.05, 4.69) is 20.3 Å². The highest BCUT2D eigenvalue weighted by atomic mass is 19.1. The number of ether oxygens (including phenoxy) is 2. The molecule has 0 spiro atoms. The van der Waals surface area contributed by atoms with Crippen LogP contribution >= 0.6 is 0 Å². The number of likely N-dealkylation sites (tertiary alicyclic amines) is 1. The minimum absolute atomic E-state index is 0.0817. The first-order valence-electron chi connectivity index (χ1n) is 10.9. The molecule has 1 fully saturated rings. The van der Waals surface area contributed by atoms with Gasteiger partial charge in [-0.05, 0) is 56.6 Å². The summed E-state index contributed by atoms with van der Waals surface area (Å²) in [7, 11) is 1.60. The van der Waals surface area contributed by atoms with Crippen LogP contribution in [0.3, 0.4) is 0 Å². The Morgan fingerprint density at radius 2 is 1.91 bits per heavy atom. The van der Waals surface area contributed by atoms with Crippen LogP contribution in [-0.4, -0.2) is 53.0 Å². The normalized spacial score (nSPS) is 14.3. The van der Waals surface area contributed by atoms with Crippen LogP contribution in [0, 0.1) is 5.82 Å². The lowest BCUT2D eigenvalue weighted by Gasteiger charge is -2.26. The van der Waals surface area contributed by atoms with Gasteiger partial charge in [-0.1, -0.05) is 18.6 Å². The van der Waals surface area contributed by atoms with Gasteiger partial charge in [0.05, 0.1) is 13.7 Å². The molecule has 0 aliphatic carbocycles. The molecule has 32 heavy (non-hydrogen) atoms. The standard InChI is InChI=1S/C23H29FN6O2/c1-31-21-16-17(10-11-20(21)32-15-7-14-29-12-5-2-6-13-29)26-23-27-22(25)30(28-23)19-9-4-3-8-18(19)24/h3-4,8-11,16H,2,5-7,12-15H2,1H3,(H3,25,26,27,28). The van der Waals surface area contributed by atoms with Gasteiger partial charge >= 0.3 is 0 Å². The molecule has 8 nitrogen and oxygen atoms in total. The molecule has 0 atom stereocenters. The molecule has 0 unspecified atom stereocenters. The van der Waals surface area contributed by atoms with E-state index in [1.165, 1.54) is 43.1 Å². The molecule has 0 radical (unpaired) electrons. The number of anilines is 3. The summed E-state index contributed by atoms with van der Waals surface area (Å²) in [5.41, 5.74) is 6.87. The van der Waals surface area contributed by atoms with Crippen molar-refractivity contribution in [3.8, 4) is 17.2 Å². The minimum atomic E-state index is -0.431. The molecule has 0 amide bonds. The van der Waals surface area contributed by atoms with Gasteiger partial charge in [-0.2, -0.15) is 9.67 Å². The van der Waals surface area contributed by atoms with Gasteiger partial charge in [0.25, 0.3) is 0 Å². The van der Waals surface area contributed by atoms with Gasteiger partial charge in [0, 0.05) is 18.3 Å². The number of aromatic nitrogens is 3. The number of nitrogen functional groups attached to an aromatic ring is 1. The number of nitrogens with two attached hydrogens (primary N) is 1. The fourth-order valence-corrected chi connectivity index (χ4v) is 3.82. The minimum Gasteiger partial charge on any atom is -0.493 e. The van der Waals surface area contributed by atoms with Crippen LogP contribution in [0.1, 0.15) is 25.7 Å². The third kappa shape index (κ3) is 5.28. The van der Waals surface area contributed by atoms with E-state index in [-0.39, 0.29) is 17.6 Å². The first-order valence-corrected chi connectivity index (χ1v) is 10.9. The van der Waals surface area contributed by atoms with Gasteiger partial charge in [-0.25, -0.2) is 4.39 Å². The zero-order valence-electron chi connectivity index (χ0n) is 18.3. The molecule has 2 heterocycles. The van der Waals surface area contributed by atoms with Gasteiger partial charge in [0.1, 0.15) is 11.5 Å². The Kier molecular flexibility index (Phi) is 7.06. The third-order valence-corrected chi connectivity index (χ3v) is 5.46. The summed E-state index contributed by atoms with van der Waals surface area (Å²) < 4.78 is 26.8. The molecule has 0 bridgehead atoms. The Balaban J connectivity index is 1.37. The molecule has 4 rings (SSSR count). The van der Waals surface area contributed by atoms with Crippen molar-refractivity contribution in [2.45, 2.75) is 25.7 Å². The van der Waals surface area contributed by atoms with Crippen molar-refractivity contribution in [3.63, 3.8) is 0 Å². The summed E-state index contributed by atoms with van der Waals surface area (Å²) in [5.74, 6) is 1.19. The van der Waals surface area contributed by atoms with Crippen LogP contribution in [0.5, 0.6) is 11.5 Å². The first kappa shape index (κ1) is 21.9. The Morgan fingerprint density at radius 3 is 2.69 bits per heavy atom. The average Bonchev–Trinajstić information content (AvgIpc) is 3.18. The third-order valence-electron chi connectivity index (χ3n) is 5.46. The van der Waals surface area contributed by atoms with Crippen molar-refractivity contribution in [2.24, 2.45) is 0 Å². The van der Waals surface area contributed by atoms with E-state index in [9.17, 15) is 4.39 Å². The molecular weight excluding hydrogens is 411 g/mol. The summed E-state index contributed by atoms with van der Waals surface area (Å²) in [5, 5.41) is 7.35. The highest BCUT2D eigenvalue weighted by molar-refractivity contribution is 5.60. The fourth-order valence-electron chi connectivity index (χ4n) is 3.82. The molecule has 170 valence electrons. The van der Waals surface area contributed by atoms with Crippen LogP contribution in [-0.2, 0) is 0 Å². The van der Waals surface area contributed by atoms with Gasteiger partial charge in [-0.3, -0.25) is 0 Å². The summed E-state index contributed by atoms with van der Waals surface area (Å²) >= 11 is 0. The summed E-state index contributed by atoms with van der Waals surface area (Å²) in [6.45, 7) is 4.06. The molecule has 1 saturated heterocycles. The fraction of sp³-hybridized carbons (Fsp3) is 0.391. The van der Waals surface area contributed by atoms with Crippen molar-refractivity contribution in [2.75, 3.05) is 44.4 Å². The number of hydrogen-bond donors (Lipinski definition) is 2. The highest BCUT2D eigenvalue weighted by Crippen LogP contribution is 2.31. The lowest BCUT2D eigenvalue weighted by atomic mass is 10.1. The molecule has 0 saturated carbocycles. The van der Waals surface area contributed by atoms with E-state index < -0.39 is 5.82 Å². The van der Waals surface area contributed by atoms with Gasteiger partial charge in [0.15, 0.2) is 11.5 Å². The largest absolute Gasteiger partial charge is 0.493 e. The molecule has 1 aromatic heterocycles. The van der Waals surface area contributed by atoms with Crippen molar-refractivity contribution >= 4 is 17.6 Å². The number of nitrogens with one attached hydrogen (secondary N) is 1. The number of hydrogen-bond acceptors (Lipinski definition) is 7. The smallest absolute Gasteiger partial charge is 0.248 e. The molecule has 3 N–H and O–H groups in total. The SMILES string of the molecule is COc1cc(Nc2nc(N)n(-c3ccccc3F)n2)ccc1OCCCN1CCCCC1. The Morgan fingerprint density at radius 1 is 1.09 bits per heavy atom. The van der Waals surface area contributed by atoms with E-state index in [0.29, 0.717) is 23.8 Å². The monoisotopic (exact) mass is 440 g/mol. The zero-order valence-corrected chi connectivity index (χ0v) is 18.3. The Bertz CT molecular complexity index is 1040. The van der Waals surface area contributed by atoms with Crippen molar-refractivity contribution in [1.82, 2.24) is 19.7 Å². The van der Waals surface area contributed by atoms with Crippen LogP contribution < -0.4 is 20.5 Å². The Labute approximate surface area is 187 Å². The maximum Gasteiger partial charge on any atom is 0.248 e. The number of para-hydroxylation sites is 1. The van der Waals surface area contributed by atoms with Crippen LogP contribution in [0.2, 0.25) is 0 Å². The van der Waals surface area contributed by atoms with Crippen molar-refractivity contribution in [3.05, 3.63) is 48.3 Å². The number of halogens is 1. The molecule has 3 aromatic rings. The predicted octanol–water partition coefficient (Wildman–Crippen LogP) is 4.00. The van der Waals surface area contributed by atoms with E-state index in [0.717, 1.165) is 13.0 Å². The topological polar surface area (TPSA) is 90.5 Å². The Hall–Kier alpha value is -3.33. The molecule has 9 heteroatoms. The van der Waals surface area contributed by atoms with E-state index in [1.54, 1.807) is 31.4 Å². The van der Waals surface area contributed by atoms with E-state index in [4.69, 9.17) is 15.2 Å².